The molecule has 114 valence electrons. The second kappa shape index (κ2) is 5.47. The Hall–Kier alpha value is -0.900. The minimum atomic E-state index is -3.58. The van der Waals surface area contributed by atoms with Gasteiger partial charge in [0.15, 0.2) is 10.7 Å². The van der Waals surface area contributed by atoms with Crippen LogP contribution in [0.1, 0.15) is 6.92 Å². The Morgan fingerprint density at radius 3 is 2.60 bits per heavy atom. The van der Waals surface area contributed by atoms with Crippen LogP contribution in [0, 0.1) is 0 Å². The maximum atomic E-state index is 12.4. The lowest BCUT2D eigenvalue weighted by atomic mass is 10.2. The highest BCUT2D eigenvalue weighted by Crippen LogP contribution is 2.37. The van der Waals surface area contributed by atoms with Crippen molar-refractivity contribution in [1.29, 1.82) is 0 Å². The normalized spacial score (nSPS) is 21.6. The third-order valence-electron chi connectivity index (χ3n) is 3.49. The maximum Gasteiger partial charge on any atom is 0.249 e. The molecule has 0 amide bonds. The van der Waals surface area contributed by atoms with Crippen LogP contribution in [0.3, 0.4) is 0 Å². The molecule has 7 nitrogen and oxygen atoms in total. The number of sulfonamides is 1. The van der Waals surface area contributed by atoms with Crippen LogP contribution < -0.4 is 10.6 Å². The number of aromatic nitrogens is 1. The SMILES string of the molecule is CC1CN(C)CCN1c1snc(N)c1S(=O)(=O)N(C)C. The van der Waals surface area contributed by atoms with Crippen molar-refractivity contribution in [2.24, 2.45) is 0 Å². The monoisotopic (exact) mass is 319 g/mol. The zero-order valence-corrected chi connectivity index (χ0v) is 13.8. The molecular formula is C11H21N5O2S2. The summed E-state index contributed by atoms with van der Waals surface area (Å²) >= 11 is 1.16. The quantitative estimate of drug-likeness (QED) is 0.852. The van der Waals surface area contributed by atoms with E-state index in [0.717, 1.165) is 31.2 Å². The summed E-state index contributed by atoms with van der Waals surface area (Å²) in [7, 11) is 1.49. The number of nitrogens with two attached hydrogens (primary N) is 1. The molecule has 1 fully saturated rings. The molecule has 1 aromatic rings. The van der Waals surface area contributed by atoms with Gasteiger partial charge in [-0.2, -0.15) is 4.37 Å². The Kier molecular flexibility index (Phi) is 4.24. The summed E-state index contributed by atoms with van der Waals surface area (Å²) < 4.78 is 30.1. The average Bonchev–Trinajstić information content (AvgIpc) is 2.71. The van der Waals surface area contributed by atoms with Gasteiger partial charge in [-0.3, -0.25) is 0 Å². The van der Waals surface area contributed by atoms with E-state index < -0.39 is 10.0 Å². The lowest BCUT2D eigenvalue weighted by Crippen LogP contribution is -2.50. The van der Waals surface area contributed by atoms with Crippen LogP contribution in [0.2, 0.25) is 0 Å². The van der Waals surface area contributed by atoms with E-state index >= 15 is 0 Å². The Labute approximate surface area is 124 Å². The van der Waals surface area contributed by atoms with Crippen LogP contribution in [-0.4, -0.2) is 68.8 Å². The molecule has 0 aliphatic carbocycles. The second-order valence-corrected chi connectivity index (χ2v) is 8.13. The first-order chi connectivity index (χ1) is 9.25. The number of hydrogen-bond acceptors (Lipinski definition) is 7. The molecule has 2 rings (SSSR count). The molecular weight excluding hydrogens is 298 g/mol. The van der Waals surface area contributed by atoms with Gasteiger partial charge < -0.3 is 15.5 Å². The van der Waals surface area contributed by atoms with Crippen molar-refractivity contribution in [3.8, 4) is 0 Å². The second-order valence-electron chi connectivity index (χ2n) is 5.29. The average molecular weight is 319 g/mol. The van der Waals surface area contributed by atoms with Gasteiger partial charge in [-0.25, -0.2) is 12.7 Å². The maximum absolute atomic E-state index is 12.4. The van der Waals surface area contributed by atoms with E-state index in [1.807, 2.05) is 0 Å². The molecule has 1 aromatic heterocycles. The number of nitrogens with zero attached hydrogens (tertiary/aromatic N) is 4. The number of anilines is 2. The third kappa shape index (κ3) is 2.62. The van der Waals surface area contributed by atoms with Crippen molar-refractivity contribution in [2.45, 2.75) is 17.9 Å². The summed E-state index contributed by atoms with van der Waals surface area (Å²) in [6.07, 6.45) is 0. The Morgan fingerprint density at radius 2 is 2.05 bits per heavy atom. The minimum absolute atomic E-state index is 0.0878. The highest BCUT2D eigenvalue weighted by Gasteiger charge is 2.33. The number of piperazine rings is 1. The summed E-state index contributed by atoms with van der Waals surface area (Å²) in [5.41, 5.74) is 5.80. The molecule has 9 heteroatoms. The lowest BCUT2D eigenvalue weighted by Gasteiger charge is -2.39. The van der Waals surface area contributed by atoms with E-state index in [9.17, 15) is 8.42 Å². The first-order valence-corrected chi connectivity index (χ1v) is 8.59. The predicted octanol–water partition coefficient (Wildman–Crippen LogP) is 0.116. The van der Waals surface area contributed by atoms with E-state index in [0.29, 0.717) is 5.00 Å². The van der Waals surface area contributed by atoms with Crippen molar-refractivity contribution in [3.05, 3.63) is 0 Å². The number of likely N-dealkylation sites (N-methyl/N-ethyl adjacent to an activating group) is 1. The number of hydrogen-bond donors (Lipinski definition) is 1. The van der Waals surface area contributed by atoms with E-state index in [1.165, 1.54) is 18.4 Å². The standard InChI is InChI=1S/C11H21N5O2S2/c1-8-7-15(4)5-6-16(8)11-9(10(12)13-19-11)20(17,18)14(2)3/h8H,5-7H2,1-4H3,(H2,12,13). The summed E-state index contributed by atoms with van der Waals surface area (Å²) in [5, 5.41) is 0.650. The van der Waals surface area contributed by atoms with Crippen molar-refractivity contribution < 1.29 is 8.42 Å². The van der Waals surface area contributed by atoms with Crippen LogP contribution in [0.5, 0.6) is 0 Å². The molecule has 1 aliphatic heterocycles. The van der Waals surface area contributed by atoms with Gasteiger partial charge >= 0.3 is 0 Å². The minimum Gasteiger partial charge on any atom is -0.382 e. The van der Waals surface area contributed by atoms with Gasteiger partial charge in [-0.05, 0) is 25.5 Å². The smallest absolute Gasteiger partial charge is 0.249 e. The molecule has 0 radical (unpaired) electrons. The summed E-state index contributed by atoms with van der Waals surface area (Å²) in [4.78, 5) is 4.46. The number of nitrogen functional groups attached to an aromatic ring is 1. The van der Waals surface area contributed by atoms with Gasteiger partial charge in [-0.1, -0.05) is 0 Å². The van der Waals surface area contributed by atoms with E-state index in [-0.39, 0.29) is 16.8 Å². The van der Waals surface area contributed by atoms with Gasteiger partial charge in [0.05, 0.1) is 0 Å². The fourth-order valence-corrected chi connectivity index (χ4v) is 4.67. The first-order valence-electron chi connectivity index (χ1n) is 6.38. The molecule has 0 aromatic carbocycles. The van der Waals surface area contributed by atoms with Crippen molar-refractivity contribution in [1.82, 2.24) is 13.6 Å². The molecule has 1 unspecified atom stereocenters. The van der Waals surface area contributed by atoms with Crippen molar-refractivity contribution in [3.63, 3.8) is 0 Å². The topological polar surface area (TPSA) is 82.8 Å². The fourth-order valence-electron chi connectivity index (χ4n) is 2.33. The van der Waals surface area contributed by atoms with Crippen LogP contribution in [-0.2, 0) is 10.0 Å². The van der Waals surface area contributed by atoms with E-state index in [4.69, 9.17) is 5.73 Å². The zero-order chi connectivity index (χ0) is 15.1. The van der Waals surface area contributed by atoms with Crippen LogP contribution in [0.4, 0.5) is 10.8 Å². The molecule has 0 saturated carbocycles. The molecule has 0 spiro atoms. The number of rotatable bonds is 3. The van der Waals surface area contributed by atoms with Gasteiger partial charge in [-0.15, -0.1) is 0 Å². The fraction of sp³-hybridized carbons (Fsp3) is 0.727. The van der Waals surface area contributed by atoms with Gasteiger partial charge in [0.25, 0.3) is 0 Å². The highest BCUT2D eigenvalue weighted by atomic mass is 32.2. The zero-order valence-electron chi connectivity index (χ0n) is 12.2. The van der Waals surface area contributed by atoms with Crippen LogP contribution >= 0.6 is 11.5 Å². The first kappa shape index (κ1) is 15.5. The van der Waals surface area contributed by atoms with Gasteiger partial charge in [0, 0.05) is 39.8 Å². The Balaban J connectivity index is 2.45. The molecule has 1 atom stereocenters. The van der Waals surface area contributed by atoms with Crippen LogP contribution in [0.15, 0.2) is 4.90 Å². The third-order valence-corrected chi connectivity index (χ3v) is 6.40. The summed E-state index contributed by atoms with van der Waals surface area (Å²) in [5.74, 6) is 0.0878. The molecule has 1 saturated heterocycles. The van der Waals surface area contributed by atoms with Crippen molar-refractivity contribution in [2.75, 3.05) is 51.4 Å². The van der Waals surface area contributed by atoms with Crippen LogP contribution in [0.25, 0.3) is 0 Å². The van der Waals surface area contributed by atoms with E-state index in [1.54, 1.807) is 0 Å². The molecule has 2 N–H and O–H groups in total. The van der Waals surface area contributed by atoms with Crippen molar-refractivity contribution >= 4 is 32.4 Å². The molecule has 0 bridgehead atoms. The molecule has 2 heterocycles. The lowest BCUT2D eigenvalue weighted by molar-refractivity contribution is 0.276. The Bertz CT molecular complexity index is 584. The largest absolute Gasteiger partial charge is 0.382 e. The van der Waals surface area contributed by atoms with Gasteiger partial charge in [0.1, 0.15) is 5.00 Å². The highest BCUT2D eigenvalue weighted by molar-refractivity contribution is 7.89. The summed E-state index contributed by atoms with van der Waals surface area (Å²) in [6.45, 7) is 4.63. The van der Waals surface area contributed by atoms with E-state index in [2.05, 4.69) is 28.1 Å². The molecule has 1 aliphatic rings. The summed E-state index contributed by atoms with van der Waals surface area (Å²) in [6, 6.07) is 0.227. The molecule has 20 heavy (non-hydrogen) atoms. The predicted molar refractivity (Wildman–Crippen MR) is 81.7 cm³/mol. The Morgan fingerprint density at radius 1 is 1.40 bits per heavy atom. The van der Waals surface area contributed by atoms with Gasteiger partial charge in [0.2, 0.25) is 10.0 Å².